The lowest BCUT2D eigenvalue weighted by atomic mass is 9.76. The average molecular weight is 422 g/mol. The largest absolute Gasteiger partial charge is 0.464 e. The zero-order valence-corrected chi connectivity index (χ0v) is 17.7. The highest BCUT2D eigenvalue weighted by Gasteiger charge is 2.67. The molecule has 3 aliphatic rings. The number of benzene rings is 1. The van der Waals surface area contributed by atoms with Gasteiger partial charge in [0.15, 0.2) is 0 Å². The molecule has 2 aromatic rings. The van der Waals surface area contributed by atoms with Gasteiger partial charge in [-0.1, -0.05) is 24.3 Å². The van der Waals surface area contributed by atoms with Crippen LogP contribution < -0.4 is 4.90 Å². The number of amides is 2. The Morgan fingerprint density at radius 2 is 2.03 bits per heavy atom. The summed E-state index contributed by atoms with van der Waals surface area (Å²) in [6.07, 6.45) is 4.08. The second kappa shape index (κ2) is 7.35. The van der Waals surface area contributed by atoms with E-state index >= 15 is 0 Å². The molecule has 2 fully saturated rings. The number of aliphatic hydroxyl groups is 1. The number of fused-ring (bicyclic) bond motifs is 1. The van der Waals surface area contributed by atoms with Crippen LogP contribution >= 0.6 is 0 Å². The highest BCUT2D eigenvalue weighted by atomic mass is 16.5. The van der Waals surface area contributed by atoms with Gasteiger partial charge in [0.1, 0.15) is 17.1 Å². The van der Waals surface area contributed by atoms with E-state index in [1.54, 1.807) is 16.8 Å². The number of nitrogens with zero attached hydrogens (tertiary/aromatic N) is 2. The number of carbonyl (C=O) groups excluding carboxylic acids is 2. The number of anilines is 1. The molecule has 2 saturated heterocycles. The molecule has 0 radical (unpaired) electrons. The molecule has 0 aliphatic carbocycles. The molecule has 1 N–H and O–H groups in total. The van der Waals surface area contributed by atoms with Gasteiger partial charge in [0.05, 0.1) is 31.0 Å². The van der Waals surface area contributed by atoms with Crippen molar-refractivity contribution in [3.63, 3.8) is 0 Å². The number of hydrogen-bond donors (Lipinski definition) is 1. The van der Waals surface area contributed by atoms with Crippen LogP contribution in [0.15, 0.2) is 53.0 Å². The summed E-state index contributed by atoms with van der Waals surface area (Å²) in [7, 11) is 1.74. The highest BCUT2D eigenvalue weighted by Crippen LogP contribution is 2.53. The van der Waals surface area contributed by atoms with E-state index in [2.05, 4.69) is 0 Å². The Labute approximate surface area is 180 Å². The molecule has 0 saturated carbocycles. The van der Waals surface area contributed by atoms with Crippen LogP contribution in [0.2, 0.25) is 0 Å². The average Bonchev–Trinajstić information content (AvgIpc) is 3.50. The predicted octanol–water partition coefficient (Wildman–Crippen LogP) is 2.07. The van der Waals surface area contributed by atoms with Gasteiger partial charge in [0.25, 0.3) is 0 Å². The number of aryl methyl sites for hydroxylation is 1. The first-order chi connectivity index (χ1) is 14.9. The first-order valence-corrected chi connectivity index (χ1v) is 10.6. The van der Waals surface area contributed by atoms with Gasteiger partial charge in [-0.25, -0.2) is 0 Å². The fourth-order valence-electron chi connectivity index (χ4n) is 5.11. The van der Waals surface area contributed by atoms with E-state index < -0.39 is 17.4 Å². The third-order valence-electron chi connectivity index (χ3n) is 6.60. The monoisotopic (exact) mass is 422 g/mol. The fraction of sp³-hybridized carbons (Fsp3) is 0.417. The van der Waals surface area contributed by atoms with Crippen molar-refractivity contribution >= 4 is 17.5 Å². The maximum absolute atomic E-state index is 13.5. The van der Waals surface area contributed by atoms with Gasteiger partial charge in [0, 0.05) is 19.3 Å². The summed E-state index contributed by atoms with van der Waals surface area (Å²) >= 11 is 0. The number of hydrogen-bond acceptors (Lipinski definition) is 5. The van der Waals surface area contributed by atoms with E-state index in [-0.39, 0.29) is 24.5 Å². The van der Waals surface area contributed by atoms with E-state index in [9.17, 15) is 9.59 Å². The zero-order chi connectivity index (χ0) is 21.8. The molecule has 4 atom stereocenters. The van der Waals surface area contributed by atoms with Crippen molar-refractivity contribution in [2.24, 2.45) is 11.8 Å². The first-order valence-electron chi connectivity index (χ1n) is 10.6. The topological polar surface area (TPSA) is 83.2 Å². The summed E-state index contributed by atoms with van der Waals surface area (Å²) in [5, 5.41) is 9.11. The minimum absolute atomic E-state index is 0.0812. The van der Waals surface area contributed by atoms with Crippen LogP contribution in [0, 0.1) is 18.8 Å². The van der Waals surface area contributed by atoms with Crippen molar-refractivity contribution in [3.8, 4) is 0 Å². The SMILES string of the molecule is Cc1ccc(CN(C)C(=O)[C@@H]2[C@@H]3C=C[C@@]4(CN(c5ccc(CCO)cc5)C(=O)[C@@H]24)O3)o1. The third kappa shape index (κ3) is 3.20. The highest BCUT2D eigenvalue weighted by molar-refractivity contribution is 6.03. The quantitative estimate of drug-likeness (QED) is 0.721. The molecule has 1 spiro atoms. The molecule has 3 aliphatic heterocycles. The van der Waals surface area contributed by atoms with Crippen molar-refractivity contribution in [2.45, 2.75) is 31.6 Å². The summed E-state index contributed by atoms with van der Waals surface area (Å²) in [4.78, 5) is 30.2. The summed E-state index contributed by atoms with van der Waals surface area (Å²) in [6.45, 7) is 2.70. The summed E-state index contributed by atoms with van der Waals surface area (Å²) in [5.74, 6) is 0.244. The van der Waals surface area contributed by atoms with E-state index in [1.165, 1.54) is 0 Å². The first kappa shape index (κ1) is 20.0. The summed E-state index contributed by atoms with van der Waals surface area (Å²) < 4.78 is 11.8. The molecule has 1 aromatic carbocycles. The second-order valence-electron chi connectivity index (χ2n) is 8.67. The molecule has 7 heteroatoms. The molecular weight excluding hydrogens is 396 g/mol. The van der Waals surface area contributed by atoms with Crippen LogP contribution in [0.5, 0.6) is 0 Å². The number of rotatable bonds is 6. The normalized spacial score (nSPS) is 28.4. The maximum Gasteiger partial charge on any atom is 0.234 e. The smallest absolute Gasteiger partial charge is 0.234 e. The molecule has 2 bridgehead atoms. The van der Waals surface area contributed by atoms with E-state index in [0.717, 1.165) is 17.0 Å². The van der Waals surface area contributed by atoms with Crippen LogP contribution in [0.25, 0.3) is 0 Å². The minimum Gasteiger partial charge on any atom is -0.464 e. The summed E-state index contributed by atoms with van der Waals surface area (Å²) in [6, 6.07) is 11.3. The van der Waals surface area contributed by atoms with E-state index in [0.29, 0.717) is 25.3 Å². The minimum atomic E-state index is -0.756. The van der Waals surface area contributed by atoms with Crippen molar-refractivity contribution in [1.82, 2.24) is 4.90 Å². The lowest BCUT2D eigenvalue weighted by Crippen LogP contribution is -2.44. The molecule has 162 valence electrons. The van der Waals surface area contributed by atoms with E-state index in [1.807, 2.05) is 55.5 Å². The molecule has 1 aromatic heterocycles. The number of carbonyl (C=O) groups is 2. The van der Waals surface area contributed by atoms with Gasteiger partial charge in [0.2, 0.25) is 11.8 Å². The van der Waals surface area contributed by atoms with Gasteiger partial charge in [-0.2, -0.15) is 0 Å². The molecule has 4 heterocycles. The van der Waals surface area contributed by atoms with E-state index in [4.69, 9.17) is 14.3 Å². The number of furan rings is 1. The van der Waals surface area contributed by atoms with Crippen LogP contribution in [0.1, 0.15) is 17.1 Å². The standard InChI is InChI=1S/C24H26N2O5/c1-15-3-8-18(30-15)13-25(2)22(28)20-19-9-11-24(31-19)14-26(23(29)21(20)24)17-6-4-16(5-7-17)10-12-27/h3-9,11,19-21,27H,10,12-14H2,1-2H3/t19-,20+,21+,24-/m0/s1. The molecule has 7 nitrogen and oxygen atoms in total. The molecule has 31 heavy (non-hydrogen) atoms. The van der Waals surface area contributed by atoms with Crippen LogP contribution in [-0.2, 0) is 27.3 Å². The molecular formula is C24H26N2O5. The van der Waals surface area contributed by atoms with Crippen molar-refractivity contribution in [3.05, 3.63) is 65.6 Å². The summed E-state index contributed by atoms with van der Waals surface area (Å²) in [5.41, 5.74) is 1.03. The van der Waals surface area contributed by atoms with Crippen LogP contribution in [0.3, 0.4) is 0 Å². The Kier molecular flexibility index (Phi) is 4.75. The van der Waals surface area contributed by atoms with Crippen molar-refractivity contribution in [2.75, 3.05) is 25.1 Å². The Balaban J connectivity index is 1.37. The zero-order valence-electron chi connectivity index (χ0n) is 17.7. The Bertz CT molecular complexity index is 1040. The van der Waals surface area contributed by atoms with Crippen LogP contribution in [-0.4, -0.2) is 53.7 Å². The fourth-order valence-corrected chi connectivity index (χ4v) is 5.11. The van der Waals surface area contributed by atoms with Crippen molar-refractivity contribution < 1.29 is 23.8 Å². The Morgan fingerprint density at radius 3 is 2.71 bits per heavy atom. The lowest BCUT2D eigenvalue weighted by molar-refractivity contribution is -0.139. The molecule has 5 rings (SSSR count). The number of ether oxygens (including phenoxy) is 1. The van der Waals surface area contributed by atoms with Gasteiger partial charge in [-0.15, -0.1) is 0 Å². The Morgan fingerprint density at radius 1 is 1.26 bits per heavy atom. The van der Waals surface area contributed by atoms with Crippen molar-refractivity contribution in [1.29, 1.82) is 0 Å². The molecule has 2 amide bonds. The maximum atomic E-state index is 13.5. The Hall–Kier alpha value is -2.90. The number of aliphatic hydroxyl groups excluding tert-OH is 1. The second-order valence-corrected chi connectivity index (χ2v) is 8.67. The van der Waals surface area contributed by atoms with Gasteiger partial charge in [-0.3, -0.25) is 9.59 Å². The van der Waals surface area contributed by atoms with Crippen LogP contribution in [0.4, 0.5) is 5.69 Å². The van der Waals surface area contributed by atoms with Gasteiger partial charge < -0.3 is 24.1 Å². The van der Waals surface area contributed by atoms with Gasteiger partial charge >= 0.3 is 0 Å². The van der Waals surface area contributed by atoms with Gasteiger partial charge in [-0.05, 0) is 43.2 Å². The molecule has 0 unspecified atom stereocenters. The lowest BCUT2D eigenvalue weighted by Gasteiger charge is -2.27. The predicted molar refractivity (Wildman–Crippen MR) is 113 cm³/mol. The third-order valence-corrected chi connectivity index (χ3v) is 6.60.